The van der Waals surface area contributed by atoms with Gasteiger partial charge in [-0.25, -0.2) is 0 Å². The number of H-pyrrole nitrogens is 1. The molecule has 140 valence electrons. The number of carbonyl (C=O) groups is 1. The lowest BCUT2D eigenvalue weighted by Gasteiger charge is -2.29. The Hall–Kier alpha value is -2.70. The molecule has 0 amide bonds. The highest BCUT2D eigenvalue weighted by molar-refractivity contribution is 5.92. The minimum Gasteiger partial charge on any atom is -0.469 e. The van der Waals surface area contributed by atoms with E-state index < -0.39 is 0 Å². The lowest BCUT2D eigenvalue weighted by atomic mass is 9.87. The highest BCUT2D eigenvalue weighted by Gasteiger charge is 2.36. The van der Waals surface area contributed by atoms with Crippen LogP contribution >= 0.6 is 12.4 Å². The summed E-state index contributed by atoms with van der Waals surface area (Å²) >= 11 is 0. The number of aromatic nitrogens is 1. The van der Waals surface area contributed by atoms with E-state index in [-0.39, 0.29) is 37.1 Å². The molecule has 7 heteroatoms. The molecule has 1 aromatic heterocycles. The number of rotatable bonds is 2. The number of para-hydroxylation sites is 1. The van der Waals surface area contributed by atoms with Crippen LogP contribution in [0.15, 0.2) is 42.5 Å². The molecular formula is C20H19ClN2O4. The third-order valence-corrected chi connectivity index (χ3v) is 5.16. The van der Waals surface area contributed by atoms with Crippen LogP contribution in [-0.4, -0.2) is 31.4 Å². The van der Waals surface area contributed by atoms with Crippen LogP contribution in [0.5, 0.6) is 11.5 Å². The molecule has 2 aliphatic heterocycles. The highest BCUT2D eigenvalue weighted by atomic mass is 35.5. The maximum Gasteiger partial charge on any atom is 0.314 e. The normalized spacial score (nSPS) is 20.0. The van der Waals surface area contributed by atoms with Crippen molar-refractivity contribution in [2.75, 3.05) is 20.4 Å². The first-order chi connectivity index (χ1) is 12.8. The lowest BCUT2D eigenvalue weighted by molar-refractivity contribution is -0.142. The first kappa shape index (κ1) is 17.7. The van der Waals surface area contributed by atoms with Crippen molar-refractivity contribution in [3.8, 4) is 11.5 Å². The van der Waals surface area contributed by atoms with Gasteiger partial charge in [0.2, 0.25) is 6.79 Å². The van der Waals surface area contributed by atoms with Crippen LogP contribution in [0.1, 0.15) is 28.8 Å². The van der Waals surface area contributed by atoms with Crippen molar-refractivity contribution in [1.82, 2.24) is 10.3 Å². The van der Waals surface area contributed by atoms with Crippen LogP contribution in [0.2, 0.25) is 0 Å². The summed E-state index contributed by atoms with van der Waals surface area (Å²) in [7, 11) is 1.43. The molecule has 0 radical (unpaired) electrons. The number of hydrogen-bond acceptors (Lipinski definition) is 5. The molecule has 0 spiro atoms. The van der Waals surface area contributed by atoms with Crippen molar-refractivity contribution >= 4 is 29.3 Å². The Kier molecular flexibility index (Phi) is 4.45. The number of esters is 1. The molecular weight excluding hydrogens is 368 g/mol. The zero-order valence-electron chi connectivity index (χ0n) is 14.7. The van der Waals surface area contributed by atoms with Gasteiger partial charge in [-0.2, -0.15) is 0 Å². The average Bonchev–Trinajstić information content (AvgIpc) is 3.30. The molecule has 0 aliphatic carbocycles. The van der Waals surface area contributed by atoms with E-state index in [0.29, 0.717) is 6.54 Å². The summed E-state index contributed by atoms with van der Waals surface area (Å²) in [6, 6.07) is 13.9. The van der Waals surface area contributed by atoms with Crippen molar-refractivity contribution in [2.45, 2.75) is 12.0 Å². The smallest absolute Gasteiger partial charge is 0.314 e. The molecule has 0 saturated carbocycles. The van der Waals surface area contributed by atoms with Gasteiger partial charge >= 0.3 is 5.97 Å². The van der Waals surface area contributed by atoms with E-state index in [1.807, 2.05) is 42.5 Å². The second kappa shape index (κ2) is 6.79. The monoisotopic (exact) mass is 386 g/mol. The minimum atomic E-state index is -0.337. The zero-order valence-corrected chi connectivity index (χ0v) is 15.5. The third kappa shape index (κ3) is 2.72. The predicted octanol–water partition coefficient (Wildman–Crippen LogP) is 3.27. The summed E-state index contributed by atoms with van der Waals surface area (Å²) in [5.41, 5.74) is 4.08. The van der Waals surface area contributed by atoms with Gasteiger partial charge in [0.05, 0.1) is 19.1 Å². The number of carbonyl (C=O) groups excluding carboxylic acids is 1. The molecule has 0 unspecified atom stereocenters. The van der Waals surface area contributed by atoms with Gasteiger partial charge in [-0.05, 0) is 29.3 Å². The molecule has 3 aromatic rings. The molecule has 3 heterocycles. The SMILES string of the molecule is COC(=O)[C@@H]1CN[C@@H](c2ccc3c(c2)OCO3)c2[nH]c3ccccc3c21.Cl. The van der Waals surface area contributed by atoms with Crippen LogP contribution < -0.4 is 14.8 Å². The number of nitrogens with one attached hydrogen (secondary N) is 2. The van der Waals surface area contributed by atoms with Crippen LogP contribution in [0, 0.1) is 0 Å². The van der Waals surface area contributed by atoms with Gasteiger partial charge in [-0.15, -0.1) is 12.4 Å². The van der Waals surface area contributed by atoms with Crippen LogP contribution in [-0.2, 0) is 9.53 Å². The maximum atomic E-state index is 12.4. The van der Waals surface area contributed by atoms with Crippen molar-refractivity contribution < 1.29 is 19.0 Å². The Morgan fingerprint density at radius 2 is 1.96 bits per heavy atom. The Balaban J connectivity index is 0.00000180. The summed E-state index contributed by atoms with van der Waals surface area (Å²) in [6.07, 6.45) is 0. The molecule has 5 rings (SSSR count). The van der Waals surface area contributed by atoms with Crippen molar-refractivity contribution in [3.63, 3.8) is 0 Å². The number of aromatic amines is 1. The topological polar surface area (TPSA) is 72.6 Å². The second-order valence-corrected chi connectivity index (χ2v) is 6.53. The first-order valence-electron chi connectivity index (χ1n) is 8.57. The quantitative estimate of drug-likeness (QED) is 0.661. The highest BCUT2D eigenvalue weighted by Crippen LogP contribution is 2.41. The standard InChI is InChI=1S/C20H18N2O4.ClH/c1-24-20(23)13-9-21-18(11-6-7-15-16(8-11)26-10-25-15)19-17(13)12-4-2-3-5-14(12)22-19;/h2-8,13,18,21-22H,9-10H2,1H3;1H/t13-,18+;/m1./s1. The third-order valence-electron chi connectivity index (χ3n) is 5.16. The molecule has 2 aliphatic rings. The summed E-state index contributed by atoms with van der Waals surface area (Å²) in [5, 5.41) is 4.54. The van der Waals surface area contributed by atoms with E-state index in [1.165, 1.54) is 7.11 Å². The Morgan fingerprint density at radius 1 is 1.15 bits per heavy atom. The molecule has 0 saturated heterocycles. The summed E-state index contributed by atoms with van der Waals surface area (Å²) in [5.74, 6) is 0.940. The van der Waals surface area contributed by atoms with Crippen molar-refractivity contribution in [3.05, 3.63) is 59.3 Å². The second-order valence-electron chi connectivity index (χ2n) is 6.53. The fourth-order valence-corrected chi connectivity index (χ4v) is 3.95. The number of fused-ring (bicyclic) bond motifs is 4. The van der Waals surface area contributed by atoms with Gasteiger partial charge < -0.3 is 24.5 Å². The molecule has 2 aromatic carbocycles. The summed E-state index contributed by atoms with van der Waals surface area (Å²) < 4.78 is 16.0. The molecule has 0 bridgehead atoms. The Bertz CT molecular complexity index is 1020. The number of halogens is 1. The Labute approximate surface area is 162 Å². The molecule has 27 heavy (non-hydrogen) atoms. The van der Waals surface area contributed by atoms with Gasteiger partial charge in [-0.3, -0.25) is 4.79 Å². The number of hydrogen-bond donors (Lipinski definition) is 2. The van der Waals surface area contributed by atoms with Crippen LogP contribution in [0.25, 0.3) is 10.9 Å². The molecule has 2 N–H and O–H groups in total. The lowest BCUT2D eigenvalue weighted by Crippen LogP contribution is -2.37. The average molecular weight is 387 g/mol. The summed E-state index contributed by atoms with van der Waals surface area (Å²) in [4.78, 5) is 15.9. The molecule has 0 fully saturated rings. The number of ether oxygens (including phenoxy) is 3. The van der Waals surface area contributed by atoms with E-state index >= 15 is 0 Å². The van der Waals surface area contributed by atoms with Crippen LogP contribution in [0.4, 0.5) is 0 Å². The maximum absolute atomic E-state index is 12.4. The van der Waals surface area contributed by atoms with Gasteiger partial charge in [0.1, 0.15) is 0 Å². The molecule has 6 nitrogen and oxygen atoms in total. The van der Waals surface area contributed by atoms with E-state index in [2.05, 4.69) is 10.3 Å². The van der Waals surface area contributed by atoms with Crippen molar-refractivity contribution in [2.24, 2.45) is 0 Å². The van der Waals surface area contributed by atoms with E-state index in [9.17, 15) is 4.79 Å². The molecule has 2 atom stereocenters. The van der Waals surface area contributed by atoms with Gasteiger partial charge in [0.15, 0.2) is 11.5 Å². The number of benzene rings is 2. The van der Waals surface area contributed by atoms with E-state index in [1.54, 1.807) is 0 Å². The van der Waals surface area contributed by atoms with Crippen LogP contribution in [0.3, 0.4) is 0 Å². The fourth-order valence-electron chi connectivity index (χ4n) is 3.95. The minimum absolute atomic E-state index is 0. The van der Waals surface area contributed by atoms with E-state index in [4.69, 9.17) is 14.2 Å². The largest absolute Gasteiger partial charge is 0.469 e. The predicted molar refractivity (Wildman–Crippen MR) is 103 cm³/mol. The first-order valence-corrected chi connectivity index (χ1v) is 8.57. The van der Waals surface area contributed by atoms with Gasteiger partial charge in [0, 0.05) is 23.1 Å². The van der Waals surface area contributed by atoms with Gasteiger partial charge in [-0.1, -0.05) is 24.3 Å². The fraction of sp³-hybridized carbons (Fsp3) is 0.250. The van der Waals surface area contributed by atoms with Crippen molar-refractivity contribution in [1.29, 1.82) is 0 Å². The Morgan fingerprint density at radius 3 is 2.81 bits per heavy atom. The van der Waals surface area contributed by atoms with Gasteiger partial charge in [0.25, 0.3) is 0 Å². The summed E-state index contributed by atoms with van der Waals surface area (Å²) in [6.45, 7) is 0.763. The zero-order chi connectivity index (χ0) is 17.7. The van der Waals surface area contributed by atoms with E-state index in [0.717, 1.165) is 39.2 Å². The number of methoxy groups -OCH3 is 1.